The van der Waals surface area contributed by atoms with Gasteiger partial charge < -0.3 is 19.8 Å². The summed E-state index contributed by atoms with van der Waals surface area (Å²) in [6.07, 6.45) is 3.15. The fourth-order valence-electron chi connectivity index (χ4n) is 3.73. The van der Waals surface area contributed by atoms with Gasteiger partial charge in [-0.15, -0.1) is 0 Å². The van der Waals surface area contributed by atoms with Crippen molar-refractivity contribution in [3.05, 3.63) is 59.8 Å². The van der Waals surface area contributed by atoms with Crippen LogP contribution in [0.25, 0.3) is 10.9 Å². The number of ether oxygens (including phenoxy) is 2. The highest BCUT2D eigenvalue weighted by Gasteiger charge is 2.20. The molecule has 5 nitrogen and oxygen atoms in total. The zero-order valence-electron chi connectivity index (χ0n) is 18.3. The Kier molecular flexibility index (Phi) is 7.39. The van der Waals surface area contributed by atoms with E-state index in [2.05, 4.69) is 36.3 Å². The Balaban J connectivity index is 1.70. The number of hydrogen-bond donors (Lipinski definition) is 2. The van der Waals surface area contributed by atoms with Crippen molar-refractivity contribution in [3.8, 4) is 11.5 Å². The molecule has 3 aromatic rings. The summed E-state index contributed by atoms with van der Waals surface area (Å²) in [5.41, 5.74) is 3.30. The predicted octanol–water partition coefficient (Wildman–Crippen LogP) is 5.41. The number of para-hydroxylation sites is 1. The van der Waals surface area contributed by atoms with Crippen LogP contribution in [0.5, 0.6) is 11.5 Å². The lowest BCUT2D eigenvalue weighted by atomic mass is 9.95. The van der Waals surface area contributed by atoms with Gasteiger partial charge in [0.2, 0.25) is 5.91 Å². The molecule has 0 aliphatic carbocycles. The summed E-state index contributed by atoms with van der Waals surface area (Å²) in [5.74, 6) is 1.74. The number of nitrogens with one attached hydrogen (secondary N) is 2. The van der Waals surface area contributed by atoms with Gasteiger partial charge in [0.25, 0.3) is 0 Å². The maximum atomic E-state index is 12.8. The van der Waals surface area contributed by atoms with Crippen molar-refractivity contribution < 1.29 is 14.3 Å². The monoisotopic (exact) mass is 408 g/mol. The van der Waals surface area contributed by atoms with E-state index < -0.39 is 0 Å². The summed E-state index contributed by atoms with van der Waals surface area (Å²) < 4.78 is 11.4. The lowest BCUT2D eigenvalue weighted by molar-refractivity contribution is -0.122. The maximum absolute atomic E-state index is 12.8. The van der Waals surface area contributed by atoms with Crippen LogP contribution in [0.2, 0.25) is 0 Å². The van der Waals surface area contributed by atoms with Crippen LogP contribution in [0.4, 0.5) is 0 Å². The topological polar surface area (TPSA) is 63.3 Å². The second kappa shape index (κ2) is 10.2. The van der Waals surface area contributed by atoms with Crippen LogP contribution in [-0.2, 0) is 11.2 Å². The van der Waals surface area contributed by atoms with E-state index >= 15 is 0 Å². The first-order valence-electron chi connectivity index (χ1n) is 10.8. The Morgan fingerprint density at radius 1 is 1.03 bits per heavy atom. The lowest BCUT2D eigenvalue weighted by Gasteiger charge is -2.24. The number of carbonyl (C=O) groups excluding carboxylic acids is 1. The summed E-state index contributed by atoms with van der Waals surface area (Å²) in [6, 6.07) is 14.0. The number of rotatable bonds is 10. The Hall–Kier alpha value is -2.95. The predicted molar refractivity (Wildman–Crippen MR) is 121 cm³/mol. The number of carbonyl (C=O) groups is 1. The molecule has 0 spiro atoms. The van der Waals surface area contributed by atoms with Crippen molar-refractivity contribution in [2.75, 3.05) is 13.2 Å². The molecule has 0 saturated heterocycles. The molecular formula is C25H32N2O3. The summed E-state index contributed by atoms with van der Waals surface area (Å²) in [7, 11) is 0. The highest BCUT2D eigenvalue weighted by molar-refractivity contribution is 5.84. The average Bonchev–Trinajstić information content (AvgIpc) is 3.15. The van der Waals surface area contributed by atoms with E-state index in [1.54, 1.807) is 0 Å². The minimum atomic E-state index is -0.0876. The number of aromatic amines is 1. The number of fused-ring (bicyclic) bond motifs is 1. The minimum absolute atomic E-state index is 0.0471. The van der Waals surface area contributed by atoms with Gasteiger partial charge in [0.05, 0.1) is 19.3 Å². The molecule has 1 atom stereocenters. The summed E-state index contributed by atoms with van der Waals surface area (Å²) >= 11 is 0. The number of hydrogen-bond acceptors (Lipinski definition) is 3. The number of amides is 1. The van der Waals surface area contributed by atoms with Crippen LogP contribution >= 0.6 is 0 Å². The molecule has 0 saturated carbocycles. The standard InChI is InChI=1S/C25H32N2O3/c1-5-29-22-13-11-18(15-23(22)30-6-2)25(17(3)4)27-24(28)14-12-19-16-26-21-10-8-7-9-20(19)21/h7-11,13,15-17,25-26H,5-6,12,14H2,1-4H3,(H,27,28). The second-order valence-electron chi connectivity index (χ2n) is 7.72. The first kappa shape index (κ1) is 21.8. The molecule has 1 aromatic heterocycles. The van der Waals surface area contributed by atoms with Crippen LogP contribution in [0.15, 0.2) is 48.7 Å². The van der Waals surface area contributed by atoms with Gasteiger partial charge in [-0.05, 0) is 55.5 Å². The van der Waals surface area contributed by atoms with E-state index in [-0.39, 0.29) is 17.9 Å². The molecule has 1 unspecified atom stereocenters. The highest BCUT2D eigenvalue weighted by Crippen LogP contribution is 2.33. The van der Waals surface area contributed by atoms with E-state index in [1.807, 2.05) is 50.4 Å². The van der Waals surface area contributed by atoms with Gasteiger partial charge in [0, 0.05) is 23.5 Å². The summed E-state index contributed by atoms with van der Waals surface area (Å²) in [6.45, 7) is 9.27. The van der Waals surface area contributed by atoms with Gasteiger partial charge in [-0.25, -0.2) is 0 Å². The Morgan fingerprint density at radius 2 is 1.77 bits per heavy atom. The third-order valence-corrected chi connectivity index (χ3v) is 5.21. The molecule has 0 aliphatic heterocycles. The van der Waals surface area contributed by atoms with E-state index in [4.69, 9.17) is 9.47 Å². The number of aromatic nitrogens is 1. The van der Waals surface area contributed by atoms with Gasteiger partial charge in [-0.2, -0.15) is 0 Å². The Bertz CT molecular complexity index is 977. The average molecular weight is 409 g/mol. The van der Waals surface area contributed by atoms with Gasteiger partial charge in [0.1, 0.15) is 0 Å². The normalized spacial score (nSPS) is 12.2. The molecule has 0 aliphatic rings. The maximum Gasteiger partial charge on any atom is 0.220 e. The van der Waals surface area contributed by atoms with E-state index in [1.165, 1.54) is 10.9 Å². The van der Waals surface area contributed by atoms with E-state index in [0.29, 0.717) is 26.1 Å². The number of H-pyrrole nitrogens is 1. The number of benzene rings is 2. The van der Waals surface area contributed by atoms with E-state index in [9.17, 15) is 4.79 Å². The zero-order chi connectivity index (χ0) is 21.5. The zero-order valence-corrected chi connectivity index (χ0v) is 18.3. The van der Waals surface area contributed by atoms with Crippen molar-refractivity contribution in [3.63, 3.8) is 0 Å². The van der Waals surface area contributed by atoms with Crippen LogP contribution in [0.3, 0.4) is 0 Å². The summed E-state index contributed by atoms with van der Waals surface area (Å²) in [4.78, 5) is 16.0. The van der Waals surface area contributed by atoms with Gasteiger partial charge in [-0.1, -0.05) is 38.1 Å². The highest BCUT2D eigenvalue weighted by atomic mass is 16.5. The smallest absolute Gasteiger partial charge is 0.220 e. The molecule has 0 radical (unpaired) electrons. The fourth-order valence-corrected chi connectivity index (χ4v) is 3.73. The number of aryl methyl sites for hydroxylation is 1. The van der Waals surface area contributed by atoms with Crippen molar-refractivity contribution in [2.45, 2.75) is 46.6 Å². The molecule has 1 heterocycles. The van der Waals surface area contributed by atoms with Crippen molar-refractivity contribution in [1.29, 1.82) is 0 Å². The Morgan fingerprint density at radius 3 is 2.50 bits per heavy atom. The molecular weight excluding hydrogens is 376 g/mol. The lowest BCUT2D eigenvalue weighted by Crippen LogP contribution is -2.31. The quantitative estimate of drug-likeness (QED) is 0.471. The second-order valence-corrected chi connectivity index (χ2v) is 7.72. The molecule has 1 amide bonds. The third kappa shape index (κ3) is 5.15. The van der Waals surface area contributed by atoms with Crippen LogP contribution in [0, 0.1) is 5.92 Å². The van der Waals surface area contributed by atoms with Crippen molar-refractivity contribution in [1.82, 2.24) is 10.3 Å². The molecule has 3 rings (SSSR count). The molecule has 2 N–H and O–H groups in total. The largest absolute Gasteiger partial charge is 0.490 e. The first-order chi connectivity index (χ1) is 14.5. The van der Waals surface area contributed by atoms with Crippen LogP contribution in [-0.4, -0.2) is 24.1 Å². The van der Waals surface area contributed by atoms with Gasteiger partial charge in [0.15, 0.2) is 11.5 Å². The van der Waals surface area contributed by atoms with E-state index in [0.717, 1.165) is 22.6 Å². The molecule has 5 heteroatoms. The molecule has 30 heavy (non-hydrogen) atoms. The summed E-state index contributed by atoms with van der Waals surface area (Å²) in [5, 5.41) is 4.40. The van der Waals surface area contributed by atoms with Gasteiger partial charge >= 0.3 is 0 Å². The SMILES string of the molecule is CCOc1ccc(C(NC(=O)CCc2c[nH]c3ccccc23)C(C)C)cc1OCC. The molecule has 2 aromatic carbocycles. The van der Waals surface area contributed by atoms with Gasteiger partial charge in [-0.3, -0.25) is 4.79 Å². The molecule has 160 valence electrons. The van der Waals surface area contributed by atoms with Crippen molar-refractivity contribution >= 4 is 16.8 Å². The minimum Gasteiger partial charge on any atom is -0.490 e. The van der Waals surface area contributed by atoms with Crippen molar-refractivity contribution in [2.24, 2.45) is 5.92 Å². The fraction of sp³-hybridized carbons (Fsp3) is 0.400. The van der Waals surface area contributed by atoms with Crippen LogP contribution < -0.4 is 14.8 Å². The molecule has 0 fully saturated rings. The molecule has 0 bridgehead atoms. The first-order valence-corrected chi connectivity index (χ1v) is 10.8. The third-order valence-electron chi connectivity index (χ3n) is 5.21. The Labute approximate surface area is 178 Å². The van der Waals surface area contributed by atoms with Crippen LogP contribution in [0.1, 0.15) is 51.3 Å².